The van der Waals surface area contributed by atoms with Crippen LogP contribution >= 0.6 is 0 Å². The van der Waals surface area contributed by atoms with Gasteiger partial charge in [-0.25, -0.2) is 4.39 Å². The van der Waals surface area contributed by atoms with Crippen molar-refractivity contribution in [2.24, 2.45) is 4.99 Å². The summed E-state index contributed by atoms with van der Waals surface area (Å²) in [5, 5.41) is 9.76. The predicted octanol–water partition coefficient (Wildman–Crippen LogP) is 4.04. The standard InChI is InChI=1S/C14H12FNO.CH3.Ti/c1-10-5-4-6-11(14(10)17)9-16-13-8-3-2-7-12(13)15;;/h2-9,17H,1H3;1H3;/q;-1;+2. The van der Waals surface area contributed by atoms with Crippen LogP contribution in [0.1, 0.15) is 11.1 Å². The van der Waals surface area contributed by atoms with Gasteiger partial charge in [0.05, 0.1) is 5.69 Å². The van der Waals surface area contributed by atoms with Crippen LogP contribution in [0.4, 0.5) is 10.1 Å². The van der Waals surface area contributed by atoms with Gasteiger partial charge >= 0.3 is 21.7 Å². The fourth-order valence-corrected chi connectivity index (χ4v) is 1.48. The molecule has 0 fully saturated rings. The molecule has 1 N–H and O–H groups in total. The molecule has 0 amide bonds. The summed E-state index contributed by atoms with van der Waals surface area (Å²) in [6.07, 6.45) is 1.46. The maximum atomic E-state index is 13.3. The number of aryl methyl sites for hydroxylation is 1. The molecule has 0 unspecified atom stereocenters. The fourth-order valence-electron chi connectivity index (χ4n) is 1.48. The molecule has 4 heteroatoms. The second-order valence-corrected chi connectivity index (χ2v) is 3.72. The summed E-state index contributed by atoms with van der Waals surface area (Å²) in [5.74, 6) is -0.205. The van der Waals surface area contributed by atoms with Gasteiger partial charge in [-0.1, -0.05) is 24.3 Å². The summed E-state index contributed by atoms with van der Waals surface area (Å²) < 4.78 is 13.3. The molecule has 0 saturated heterocycles. The third-order valence-electron chi connectivity index (χ3n) is 2.46. The number of para-hydroxylation sites is 2. The molecule has 96 valence electrons. The Kier molecular flexibility index (Phi) is 7.27. The van der Waals surface area contributed by atoms with Crippen molar-refractivity contribution >= 4 is 11.9 Å². The van der Waals surface area contributed by atoms with Crippen molar-refractivity contribution in [1.29, 1.82) is 0 Å². The minimum absolute atomic E-state index is 0. The average molecular weight is 292 g/mol. The van der Waals surface area contributed by atoms with Gasteiger partial charge in [0.25, 0.3) is 0 Å². The van der Waals surface area contributed by atoms with Crippen molar-refractivity contribution in [2.45, 2.75) is 6.92 Å². The smallest absolute Gasteiger partial charge is 0.507 e. The molecule has 0 aromatic heterocycles. The quantitative estimate of drug-likeness (QED) is 0.506. The molecule has 0 aliphatic heterocycles. The third-order valence-corrected chi connectivity index (χ3v) is 2.46. The van der Waals surface area contributed by atoms with E-state index in [0.717, 1.165) is 5.56 Å². The van der Waals surface area contributed by atoms with Gasteiger partial charge in [-0.05, 0) is 30.7 Å². The van der Waals surface area contributed by atoms with Gasteiger partial charge < -0.3 is 12.5 Å². The van der Waals surface area contributed by atoms with E-state index in [1.165, 1.54) is 12.3 Å². The summed E-state index contributed by atoms with van der Waals surface area (Å²) in [5.41, 5.74) is 1.60. The van der Waals surface area contributed by atoms with Crippen LogP contribution in [0.5, 0.6) is 5.75 Å². The zero-order chi connectivity index (χ0) is 12.3. The van der Waals surface area contributed by atoms with Crippen LogP contribution in [-0.4, -0.2) is 11.3 Å². The summed E-state index contributed by atoms with van der Waals surface area (Å²) in [6.45, 7) is 1.80. The van der Waals surface area contributed by atoms with Crippen LogP contribution < -0.4 is 0 Å². The minimum Gasteiger partial charge on any atom is -0.507 e. The Morgan fingerprint density at radius 3 is 2.47 bits per heavy atom. The van der Waals surface area contributed by atoms with E-state index in [-0.39, 0.29) is 46.4 Å². The molecule has 2 nitrogen and oxygen atoms in total. The molecule has 0 bridgehead atoms. The average Bonchev–Trinajstić information content (AvgIpc) is 2.33. The molecule has 2 aromatic rings. The first-order valence-corrected chi connectivity index (χ1v) is 5.25. The van der Waals surface area contributed by atoms with E-state index in [4.69, 9.17) is 0 Å². The number of benzene rings is 2. The number of halogens is 1. The second-order valence-electron chi connectivity index (χ2n) is 3.72. The van der Waals surface area contributed by atoms with Crippen molar-refractivity contribution in [3.05, 3.63) is 66.8 Å². The van der Waals surface area contributed by atoms with Gasteiger partial charge in [-0.2, -0.15) is 0 Å². The van der Waals surface area contributed by atoms with Crippen LogP contribution in [0.25, 0.3) is 0 Å². The minimum atomic E-state index is -0.379. The summed E-state index contributed by atoms with van der Waals surface area (Å²) in [4.78, 5) is 4.02. The van der Waals surface area contributed by atoms with Gasteiger partial charge in [-0.15, -0.1) is 0 Å². The maximum Gasteiger partial charge on any atom is 2.00 e. The SMILES string of the molecule is Cc1cccc(C=Nc2ccccc2F)c1O.[CH3-].[Ti+2]. The Labute approximate surface area is 127 Å². The van der Waals surface area contributed by atoms with Crippen molar-refractivity contribution in [1.82, 2.24) is 0 Å². The molecule has 2 rings (SSSR count). The molecular weight excluding hydrogens is 277 g/mol. The number of rotatable bonds is 2. The summed E-state index contributed by atoms with van der Waals surface area (Å²) >= 11 is 0. The summed E-state index contributed by atoms with van der Waals surface area (Å²) in [6, 6.07) is 11.6. The molecule has 0 heterocycles. The zero-order valence-electron chi connectivity index (χ0n) is 10.9. The van der Waals surface area contributed by atoms with Crippen LogP contribution in [-0.2, 0) is 21.7 Å². The van der Waals surface area contributed by atoms with E-state index in [9.17, 15) is 9.50 Å². The zero-order valence-corrected chi connectivity index (χ0v) is 12.5. The molecule has 0 aliphatic carbocycles. The van der Waals surface area contributed by atoms with Gasteiger partial charge in [0.15, 0.2) is 0 Å². The number of phenolic OH excluding ortho intramolecular Hbond substituents is 1. The van der Waals surface area contributed by atoms with E-state index in [1.807, 2.05) is 6.07 Å². The number of hydrogen-bond donors (Lipinski definition) is 1. The molecule has 0 spiro atoms. The van der Waals surface area contributed by atoms with Gasteiger partial charge in [0.2, 0.25) is 0 Å². The van der Waals surface area contributed by atoms with E-state index in [0.29, 0.717) is 5.56 Å². The van der Waals surface area contributed by atoms with Gasteiger partial charge in [0.1, 0.15) is 11.6 Å². The first-order chi connectivity index (χ1) is 8.18. The number of aromatic hydroxyl groups is 1. The van der Waals surface area contributed by atoms with Crippen LogP contribution in [0.15, 0.2) is 47.5 Å². The largest absolute Gasteiger partial charge is 2.00 e. The van der Waals surface area contributed by atoms with Crippen LogP contribution in [0.2, 0.25) is 0 Å². The fraction of sp³-hybridized carbons (Fsp3) is 0.0667. The predicted molar refractivity (Wildman–Crippen MR) is 72.9 cm³/mol. The summed E-state index contributed by atoms with van der Waals surface area (Å²) in [7, 11) is 0. The molecule has 0 atom stereocenters. The number of aliphatic imine (C=N–C) groups is 1. The Bertz CT molecular complexity index is 570. The number of nitrogens with zero attached hydrogens (tertiary/aromatic N) is 1. The number of phenols is 1. The van der Waals surface area contributed by atoms with E-state index in [1.54, 1.807) is 37.3 Å². The molecular formula is C15H15FNOTi+. The van der Waals surface area contributed by atoms with Crippen molar-refractivity contribution < 1.29 is 31.2 Å². The Morgan fingerprint density at radius 1 is 1.11 bits per heavy atom. The Morgan fingerprint density at radius 2 is 1.79 bits per heavy atom. The van der Waals surface area contributed by atoms with Crippen LogP contribution in [0, 0.1) is 20.2 Å². The molecule has 0 saturated carbocycles. The Balaban J connectivity index is 0.00000162. The van der Waals surface area contributed by atoms with Gasteiger partial charge in [-0.3, -0.25) is 4.99 Å². The first-order valence-electron chi connectivity index (χ1n) is 5.25. The number of hydrogen-bond acceptors (Lipinski definition) is 2. The van der Waals surface area contributed by atoms with E-state index < -0.39 is 0 Å². The molecule has 19 heavy (non-hydrogen) atoms. The van der Waals surface area contributed by atoms with Gasteiger partial charge in [0, 0.05) is 11.8 Å². The normalized spacial score (nSPS) is 9.79. The molecule has 2 aromatic carbocycles. The second kappa shape index (κ2) is 7.87. The topological polar surface area (TPSA) is 32.6 Å². The van der Waals surface area contributed by atoms with Crippen LogP contribution in [0.3, 0.4) is 0 Å². The Hall–Kier alpha value is -1.45. The molecule has 0 radical (unpaired) electrons. The maximum absolute atomic E-state index is 13.3. The van der Waals surface area contributed by atoms with Crippen molar-refractivity contribution in [3.8, 4) is 5.75 Å². The van der Waals surface area contributed by atoms with Crippen molar-refractivity contribution in [2.75, 3.05) is 0 Å². The van der Waals surface area contributed by atoms with E-state index in [2.05, 4.69) is 4.99 Å². The van der Waals surface area contributed by atoms with E-state index >= 15 is 0 Å². The third kappa shape index (κ3) is 4.30. The first kappa shape index (κ1) is 17.6. The monoisotopic (exact) mass is 292 g/mol. The van der Waals surface area contributed by atoms with Crippen molar-refractivity contribution in [3.63, 3.8) is 0 Å². The molecule has 0 aliphatic rings.